The van der Waals surface area contributed by atoms with Crippen LogP contribution in [0.5, 0.6) is 0 Å². The van der Waals surface area contributed by atoms with Crippen LogP contribution >= 0.6 is 22.9 Å². The molecule has 0 bridgehead atoms. The van der Waals surface area contributed by atoms with Gasteiger partial charge in [-0.05, 0) is 36.1 Å². The van der Waals surface area contributed by atoms with Crippen molar-refractivity contribution in [2.75, 3.05) is 6.61 Å². The van der Waals surface area contributed by atoms with E-state index in [1.54, 1.807) is 29.1 Å². The minimum atomic E-state index is -3.63. The van der Waals surface area contributed by atoms with Gasteiger partial charge in [0.05, 0.1) is 12.2 Å². The Morgan fingerprint density at radius 2 is 2.24 bits per heavy atom. The zero-order chi connectivity index (χ0) is 17.6. The van der Waals surface area contributed by atoms with Gasteiger partial charge in [-0.2, -0.15) is 5.10 Å². The van der Waals surface area contributed by atoms with E-state index in [-0.39, 0.29) is 16.4 Å². The Bertz CT molecular complexity index is 1030. The van der Waals surface area contributed by atoms with Crippen molar-refractivity contribution in [2.24, 2.45) is 7.05 Å². The first-order valence-corrected chi connectivity index (χ1v) is 10.4. The topological polar surface area (TPSA) is 73.2 Å². The lowest BCUT2D eigenvalue weighted by atomic mass is 10.1. The van der Waals surface area contributed by atoms with E-state index < -0.39 is 10.0 Å². The van der Waals surface area contributed by atoms with Gasteiger partial charge in [0, 0.05) is 35.1 Å². The number of hydrogen-bond donors (Lipinski definition) is 1. The Kier molecular flexibility index (Phi) is 4.33. The molecule has 4 rings (SSSR count). The molecule has 0 aliphatic carbocycles. The minimum Gasteiger partial charge on any atom is -0.372 e. The maximum absolute atomic E-state index is 12.8. The lowest BCUT2D eigenvalue weighted by molar-refractivity contribution is 0.102. The molecule has 6 nitrogen and oxygen atoms in total. The van der Waals surface area contributed by atoms with Gasteiger partial charge in [-0.15, -0.1) is 11.3 Å². The highest BCUT2D eigenvalue weighted by atomic mass is 35.5. The number of benzene rings is 1. The molecule has 1 aromatic carbocycles. The summed E-state index contributed by atoms with van der Waals surface area (Å²) in [7, 11) is -1.81. The van der Waals surface area contributed by atoms with Gasteiger partial charge in [-0.3, -0.25) is 4.68 Å². The fourth-order valence-corrected chi connectivity index (χ4v) is 5.85. The first-order valence-electron chi connectivity index (χ1n) is 7.74. The molecule has 2 atom stereocenters. The quantitative estimate of drug-likeness (QED) is 0.734. The molecule has 25 heavy (non-hydrogen) atoms. The van der Waals surface area contributed by atoms with Crippen molar-refractivity contribution < 1.29 is 13.2 Å². The summed E-state index contributed by atoms with van der Waals surface area (Å²) >= 11 is 7.21. The van der Waals surface area contributed by atoms with Crippen LogP contribution in [0.25, 0.3) is 10.1 Å². The SMILES string of the molecule is Cn1cc([C@H]2OCC[C@@H]2NS(=O)(=O)c2cc3cc(Cl)ccc3s2)cn1. The van der Waals surface area contributed by atoms with E-state index in [0.29, 0.717) is 18.1 Å². The van der Waals surface area contributed by atoms with Crippen LogP contribution in [0.15, 0.2) is 40.9 Å². The van der Waals surface area contributed by atoms with Crippen LogP contribution in [0.4, 0.5) is 0 Å². The fraction of sp³-hybridized carbons (Fsp3) is 0.312. The molecule has 9 heteroatoms. The second kappa shape index (κ2) is 6.37. The van der Waals surface area contributed by atoms with Crippen LogP contribution in [0, 0.1) is 0 Å². The van der Waals surface area contributed by atoms with Gasteiger partial charge in [-0.25, -0.2) is 13.1 Å². The number of aromatic nitrogens is 2. The molecule has 0 saturated carbocycles. The van der Waals surface area contributed by atoms with Crippen molar-refractivity contribution in [1.82, 2.24) is 14.5 Å². The summed E-state index contributed by atoms with van der Waals surface area (Å²) in [5.41, 5.74) is 0.871. The number of sulfonamides is 1. The second-order valence-electron chi connectivity index (χ2n) is 6.00. The summed E-state index contributed by atoms with van der Waals surface area (Å²) in [5.74, 6) is 0. The first-order chi connectivity index (χ1) is 11.9. The molecule has 1 fully saturated rings. The summed E-state index contributed by atoms with van der Waals surface area (Å²) in [6, 6.07) is 6.70. The van der Waals surface area contributed by atoms with E-state index in [1.807, 2.05) is 19.3 Å². The van der Waals surface area contributed by atoms with Gasteiger partial charge in [0.1, 0.15) is 10.3 Å². The predicted molar refractivity (Wildman–Crippen MR) is 97.5 cm³/mol. The van der Waals surface area contributed by atoms with Gasteiger partial charge >= 0.3 is 0 Å². The molecule has 0 spiro atoms. The zero-order valence-corrected chi connectivity index (χ0v) is 15.7. The van der Waals surface area contributed by atoms with Gasteiger partial charge in [0.25, 0.3) is 0 Å². The van der Waals surface area contributed by atoms with E-state index in [4.69, 9.17) is 16.3 Å². The molecule has 1 saturated heterocycles. The highest BCUT2D eigenvalue weighted by Crippen LogP contribution is 2.33. The third-order valence-electron chi connectivity index (χ3n) is 4.17. The third kappa shape index (κ3) is 3.32. The number of fused-ring (bicyclic) bond motifs is 1. The Labute approximate surface area is 154 Å². The van der Waals surface area contributed by atoms with E-state index in [2.05, 4.69) is 9.82 Å². The van der Waals surface area contributed by atoms with Crippen LogP contribution in [-0.4, -0.2) is 30.8 Å². The average Bonchev–Trinajstić information content (AvgIpc) is 3.25. The van der Waals surface area contributed by atoms with E-state index >= 15 is 0 Å². The van der Waals surface area contributed by atoms with Crippen LogP contribution < -0.4 is 4.72 Å². The molecule has 3 heterocycles. The summed E-state index contributed by atoms with van der Waals surface area (Å²) in [5, 5.41) is 5.55. The smallest absolute Gasteiger partial charge is 0.250 e. The van der Waals surface area contributed by atoms with Crippen molar-refractivity contribution in [1.29, 1.82) is 0 Å². The number of aryl methyl sites for hydroxylation is 1. The van der Waals surface area contributed by atoms with Gasteiger partial charge in [-0.1, -0.05) is 11.6 Å². The standard InChI is InChI=1S/C16H16ClN3O3S2/c1-20-9-11(8-18-20)16-13(4-5-23-16)19-25(21,22)15-7-10-6-12(17)2-3-14(10)24-15/h2-3,6-9,13,16,19H,4-5H2,1H3/t13-,16+/m0/s1. The number of thiophene rings is 1. The predicted octanol–water partition coefficient (Wildman–Crippen LogP) is 3.10. The highest BCUT2D eigenvalue weighted by molar-refractivity contribution is 7.91. The number of nitrogens with zero attached hydrogens (tertiary/aromatic N) is 2. The molecule has 3 aromatic rings. The lowest BCUT2D eigenvalue weighted by Gasteiger charge is -2.18. The van der Waals surface area contributed by atoms with Gasteiger partial charge in [0.2, 0.25) is 10.0 Å². The average molecular weight is 398 g/mol. The molecule has 2 aromatic heterocycles. The summed E-state index contributed by atoms with van der Waals surface area (Å²) in [4.78, 5) is 0. The third-order valence-corrected chi connectivity index (χ3v) is 7.49. The molecule has 0 amide bonds. The molecule has 1 aliphatic heterocycles. The molecular weight excluding hydrogens is 382 g/mol. The van der Waals surface area contributed by atoms with E-state index in [1.165, 1.54) is 11.3 Å². The maximum atomic E-state index is 12.8. The highest BCUT2D eigenvalue weighted by Gasteiger charge is 2.34. The number of rotatable bonds is 4. The van der Waals surface area contributed by atoms with Crippen LogP contribution in [0.2, 0.25) is 5.02 Å². The number of halogens is 1. The molecular formula is C16H16ClN3O3S2. The Hall–Kier alpha value is -1.45. The summed E-state index contributed by atoms with van der Waals surface area (Å²) < 4.78 is 37.0. The van der Waals surface area contributed by atoms with Crippen LogP contribution in [-0.2, 0) is 21.8 Å². The molecule has 1 N–H and O–H groups in total. The number of nitrogens with one attached hydrogen (secondary N) is 1. The van der Waals surface area contributed by atoms with Crippen molar-refractivity contribution in [3.05, 3.63) is 47.2 Å². The maximum Gasteiger partial charge on any atom is 0.250 e. The monoisotopic (exact) mass is 397 g/mol. The Morgan fingerprint density at radius 1 is 1.40 bits per heavy atom. The fourth-order valence-electron chi connectivity index (χ4n) is 3.01. The summed E-state index contributed by atoms with van der Waals surface area (Å²) in [6.45, 7) is 0.509. The normalized spacial score (nSPS) is 21.2. The Morgan fingerprint density at radius 3 is 3.00 bits per heavy atom. The van der Waals surface area contributed by atoms with Gasteiger partial charge < -0.3 is 4.74 Å². The molecule has 1 aliphatic rings. The number of ether oxygens (including phenoxy) is 1. The lowest BCUT2D eigenvalue weighted by Crippen LogP contribution is -2.36. The molecule has 132 valence electrons. The van der Waals surface area contributed by atoms with Crippen LogP contribution in [0.1, 0.15) is 18.1 Å². The number of hydrogen-bond acceptors (Lipinski definition) is 5. The molecule has 0 radical (unpaired) electrons. The first kappa shape index (κ1) is 17.0. The van der Waals surface area contributed by atoms with E-state index in [9.17, 15) is 8.42 Å². The van der Waals surface area contributed by atoms with Gasteiger partial charge in [0.15, 0.2) is 0 Å². The summed E-state index contributed by atoms with van der Waals surface area (Å²) in [6.07, 6.45) is 3.85. The van der Waals surface area contributed by atoms with Crippen molar-refractivity contribution in [2.45, 2.75) is 22.8 Å². The van der Waals surface area contributed by atoms with E-state index in [0.717, 1.165) is 15.6 Å². The largest absolute Gasteiger partial charge is 0.372 e. The Balaban J connectivity index is 1.61. The van der Waals surface area contributed by atoms with Crippen molar-refractivity contribution >= 4 is 43.0 Å². The second-order valence-corrected chi connectivity index (χ2v) is 9.46. The van der Waals surface area contributed by atoms with Crippen molar-refractivity contribution in [3.63, 3.8) is 0 Å². The van der Waals surface area contributed by atoms with Crippen molar-refractivity contribution in [3.8, 4) is 0 Å². The van der Waals surface area contributed by atoms with Crippen LogP contribution in [0.3, 0.4) is 0 Å². The minimum absolute atomic E-state index is 0.279. The zero-order valence-electron chi connectivity index (χ0n) is 13.3. The molecule has 0 unspecified atom stereocenters.